The van der Waals surface area contributed by atoms with E-state index in [4.69, 9.17) is 66.3 Å². The van der Waals surface area contributed by atoms with Crippen molar-refractivity contribution in [3.63, 3.8) is 0 Å². The first-order valence-electron chi connectivity index (χ1n) is 24.5. The van der Waals surface area contributed by atoms with Gasteiger partial charge >= 0.3 is 0 Å². The van der Waals surface area contributed by atoms with Crippen LogP contribution in [0.15, 0.2) is 152 Å². The fourth-order valence-electron chi connectivity index (χ4n) is 8.98. The molecule has 9 rings (SSSR count). The maximum Gasteiger partial charge on any atom is 0.269 e. The fraction of sp³-hybridized carbons (Fsp3) is 0.368. The number of non-ortho nitro benzene ring substituents is 1. The van der Waals surface area contributed by atoms with Crippen molar-refractivity contribution in [2.75, 3.05) is 41.7 Å². The van der Waals surface area contributed by atoms with E-state index in [0.29, 0.717) is 23.0 Å². The summed E-state index contributed by atoms with van der Waals surface area (Å²) in [6.07, 6.45) is -11.8. The summed E-state index contributed by atoms with van der Waals surface area (Å²) in [4.78, 5) is 11.0. The Kier molecular flexibility index (Phi) is 18.2. The molecule has 6 aromatic rings. The van der Waals surface area contributed by atoms with E-state index in [2.05, 4.69) is 0 Å². The Balaban J connectivity index is 1.10. The van der Waals surface area contributed by atoms with E-state index in [1.54, 1.807) is 28.4 Å². The highest BCUT2D eigenvalue weighted by molar-refractivity contribution is 5.36. The standard InChI is InChI=1S/C57H61NO17/c1-62-42-20-10-36(11-21-42)30-66-34-47-50(67-31-37-12-22-43(63-2)23-13-37)53(68-32-38-14-24-44(64-3)25-15-38)54(69-33-39-16-26-45(65-4)27-17-39)57(73-47)75-52-49(59)56(71-46-28-18-41(19-29-46)58(60)61)72-48-35-70-55(74-51(48)52)40-8-6-5-7-9-40/h5-29,47-57,59H,30-35H2,1-4H3/t47-,48-,49-,50-,51-,52-,53+,54-,55?,56+,57-/m1/s1. The zero-order valence-corrected chi connectivity index (χ0v) is 42.0. The Morgan fingerprint density at radius 3 is 1.52 bits per heavy atom. The van der Waals surface area contributed by atoms with Crippen molar-refractivity contribution in [2.24, 2.45) is 0 Å². The van der Waals surface area contributed by atoms with Gasteiger partial charge in [0.25, 0.3) is 5.69 Å². The van der Waals surface area contributed by atoms with Crippen molar-refractivity contribution < 1.29 is 76.3 Å². The smallest absolute Gasteiger partial charge is 0.269 e. The van der Waals surface area contributed by atoms with Gasteiger partial charge in [-0.1, -0.05) is 78.9 Å². The van der Waals surface area contributed by atoms with Crippen LogP contribution in [0.5, 0.6) is 28.7 Å². The molecule has 1 N–H and O–H groups in total. The largest absolute Gasteiger partial charge is 0.497 e. The summed E-state index contributed by atoms with van der Waals surface area (Å²) < 4.78 is 88.9. The average molecular weight is 1030 g/mol. The summed E-state index contributed by atoms with van der Waals surface area (Å²) >= 11 is 0. The topological polar surface area (TPSA) is 193 Å². The molecule has 0 amide bonds. The second kappa shape index (κ2) is 25.7. The fourth-order valence-corrected chi connectivity index (χ4v) is 8.98. The van der Waals surface area contributed by atoms with Gasteiger partial charge in [0, 0.05) is 17.7 Å². The quantitative estimate of drug-likeness (QED) is 0.0476. The van der Waals surface area contributed by atoms with Crippen LogP contribution in [0.25, 0.3) is 0 Å². The molecule has 3 saturated heterocycles. The third kappa shape index (κ3) is 13.6. The second-order valence-corrected chi connectivity index (χ2v) is 18.0. The maximum absolute atomic E-state index is 12.5. The van der Waals surface area contributed by atoms with Gasteiger partial charge in [0.15, 0.2) is 12.6 Å². The number of rotatable bonds is 23. The van der Waals surface area contributed by atoms with E-state index in [0.717, 1.165) is 27.8 Å². The van der Waals surface area contributed by atoms with E-state index in [1.165, 1.54) is 24.3 Å². The number of benzene rings is 6. The van der Waals surface area contributed by atoms with E-state index in [-0.39, 0.29) is 51.1 Å². The molecule has 18 nitrogen and oxygen atoms in total. The second-order valence-electron chi connectivity index (χ2n) is 18.0. The van der Waals surface area contributed by atoms with Gasteiger partial charge in [0.05, 0.1) is 73.0 Å². The minimum Gasteiger partial charge on any atom is -0.497 e. The maximum atomic E-state index is 12.5. The molecule has 11 atom stereocenters. The van der Waals surface area contributed by atoms with Crippen LogP contribution >= 0.6 is 0 Å². The third-order valence-electron chi connectivity index (χ3n) is 13.1. The summed E-state index contributed by atoms with van der Waals surface area (Å²) in [7, 11) is 6.42. The lowest BCUT2D eigenvalue weighted by molar-refractivity contribution is -0.391. The lowest BCUT2D eigenvalue weighted by atomic mass is 9.95. The molecule has 0 aliphatic carbocycles. The van der Waals surface area contributed by atoms with Gasteiger partial charge in [-0.25, -0.2) is 0 Å². The Morgan fingerprint density at radius 2 is 1.01 bits per heavy atom. The highest BCUT2D eigenvalue weighted by atomic mass is 16.8. The number of nitro benzene ring substituents is 1. The number of nitrogens with zero attached hydrogens (tertiary/aromatic N) is 1. The van der Waals surface area contributed by atoms with E-state index >= 15 is 0 Å². The van der Waals surface area contributed by atoms with Crippen molar-refractivity contribution in [3.05, 3.63) is 190 Å². The highest BCUT2D eigenvalue weighted by Gasteiger charge is 2.56. The van der Waals surface area contributed by atoms with Crippen molar-refractivity contribution in [2.45, 2.75) is 94.1 Å². The molecule has 0 bridgehead atoms. The average Bonchev–Trinajstić information content (AvgIpc) is 3.45. The first-order valence-corrected chi connectivity index (χ1v) is 24.5. The Morgan fingerprint density at radius 1 is 0.533 bits per heavy atom. The van der Waals surface area contributed by atoms with Crippen LogP contribution in [0.4, 0.5) is 5.69 Å². The van der Waals surface area contributed by atoms with Gasteiger partial charge in [-0.05, 0) is 82.9 Å². The highest BCUT2D eigenvalue weighted by Crippen LogP contribution is 2.40. The predicted molar refractivity (Wildman–Crippen MR) is 269 cm³/mol. The first-order chi connectivity index (χ1) is 36.7. The molecular weight excluding hydrogens is 971 g/mol. The number of nitro groups is 1. The number of methoxy groups -OCH3 is 4. The van der Waals surface area contributed by atoms with Gasteiger partial charge in [-0.2, -0.15) is 0 Å². The molecule has 1 unspecified atom stereocenters. The van der Waals surface area contributed by atoms with Crippen LogP contribution in [0, 0.1) is 10.1 Å². The molecule has 3 heterocycles. The molecule has 3 aliphatic heterocycles. The first kappa shape index (κ1) is 53.2. The SMILES string of the molecule is COc1ccc(COC[C@H]2O[C@H](O[C@@H]3[C@@H](O)[C@@H](Oc4ccc([N+](=O)[O-])cc4)O[C@@H]4COC(c5ccccc5)O[C@@H]34)[C@H](OCc3ccc(OC)cc3)[C@@H](OCc3ccc(OC)cc3)[C@@H]2OCc2ccc(OC)cc2)cc1. The van der Waals surface area contributed by atoms with Crippen LogP contribution in [0.2, 0.25) is 0 Å². The lowest BCUT2D eigenvalue weighted by Gasteiger charge is -2.51. The summed E-state index contributed by atoms with van der Waals surface area (Å²) in [6, 6.07) is 45.0. The zero-order valence-electron chi connectivity index (χ0n) is 42.0. The van der Waals surface area contributed by atoms with Crippen molar-refractivity contribution >= 4 is 5.69 Å². The number of hydrogen-bond acceptors (Lipinski definition) is 17. The van der Waals surface area contributed by atoms with Crippen LogP contribution < -0.4 is 23.7 Å². The summed E-state index contributed by atoms with van der Waals surface area (Å²) in [5, 5.41) is 24.0. The Hall–Kier alpha value is -6.68. The van der Waals surface area contributed by atoms with Gasteiger partial charge in [0.1, 0.15) is 77.6 Å². The predicted octanol–water partition coefficient (Wildman–Crippen LogP) is 8.29. The normalized spacial score (nSPS) is 25.4. The van der Waals surface area contributed by atoms with Crippen LogP contribution in [-0.4, -0.2) is 113 Å². The van der Waals surface area contributed by atoms with Gasteiger partial charge in [-0.15, -0.1) is 0 Å². The van der Waals surface area contributed by atoms with Crippen molar-refractivity contribution in [1.29, 1.82) is 0 Å². The molecular formula is C57H61NO17. The third-order valence-corrected chi connectivity index (χ3v) is 13.1. The molecule has 75 heavy (non-hydrogen) atoms. The molecule has 0 spiro atoms. The minimum atomic E-state index is -1.55. The number of fused-ring (bicyclic) bond motifs is 1. The molecule has 396 valence electrons. The Labute approximate surface area is 434 Å². The monoisotopic (exact) mass is 1030 g/mol. The van der Waals surface area contributed by atoms with Gasteiger partial charge < -0.3 is 71.4 Å². The number of ether oxygens (including phenoxy) is 14. The van der Waals surface area contributed by atoms with E-state index < -0.39 is 72.6 Å². The number of hydrogen-bond donors (Lipinski definition) is 1. The Bertz CT molecular complexity index is 2680. The molecule has 0 saturated carbocycles. The molecule has 6 aromatic carbocycles. The lowest BCUT2D eigenvalue weighted by Crippen LogP contribution is -2.67. The summed E-state index contributed by atoms with van der Waals surface area (Å²) in [5.74, 6) is 2.96. The van der Waals surface area contributed by atoms with E-state index in [9.17, 15) is 15.2 Å². The van der Waals surface area contributed by atoms with E-state index in [1.807, 2.05) is 127 Å². The van der Waals surface area contributed by atoms with Crippen LogP contribution in [0.1, 0.15) is 34.1 Å². The van der Waals surface area contributed by atoms with Gasteiger partial charge in [-0.3, -0.25) is 10.1 Å². The van der Waals surface area contributed by atoms with Crippen LogP contribution in [0.3, 0.4) is 0 Å². The molecule has 0 aromatic heterocycles. The molecule has 3 aliphatic rings. The van der Waals surface area contributed by atoms with Crippen molar-refractivity contribution in [3.8, 4) is 28.7 Å². The summed E-state index contributed by atoms with van der Waals surface area (Å²) in [5.41, 5.74) is 4.00. The molecule has 3 fully saturated rings. The number of aliphatic hydroxyl groups is 1. The van der Waals surface area contributed by atoms with Crippen molar-refractivity contribution in [1.82, 2.24) is 0 Å². The van der Waals surface area contributed by atoms with Crippen LogP contribution in [-0.2, 0) is 69.1 Å². The molecule has 0 radical (unpaired) electrons. The minimum absolute atomic E-state index is 0.00144. The van der Waals surface area contributed by atoms with Gasteiger partial charge in [0.2, 0.25) is 6.29 Å². The summed E-state index contributed by atoms with van der Waals surface area (Å²) in [6.45, 7) is 0.566. The number of aliphatic hydroxyl groups excluding tert-OH is 1. The zero-order chi connectivity index (χ0) is 52.1. The molecule has 18 heteroatoms.